The van der Waals surface area contributed by atoms with Crippen LogP contribution in [0.2, 0.25) is 0 Å². The van der Waals surface area contributed by atoms with E-state index in [1.54, 1.807) is 13.2 Å². The molecule has 16 heavy (non-hydrogen) atoms. The largest absolute Gasteiger partial charge is 0.496 e. The van der Waals surface area contributed by atoms with Crippen molar-refractivity contribution in [3.8, 4) is 5.75 Å². The van der Waals surface area contributed by atoms with Crippen LogP contribution in [-0.2, 0) is 6.42 Å². The fraction of sp³-hybridized carbons (Fsp3) is 0.538. The quantitative estimate of drug-likeness (QED) is 0.855. The third kappa shape index (κ3) is 3.20. The summed E-state index contributed by atoms with van der Waals surface area (Å²) in [5.74, 6) is 0.594. The number of rotatable bonds is 4. The van der Waals surface area contributed by atoms with Crippen LogP contribution in [0.1, 0.15) is 38.1 Å². The highest BCUT2D eigenvalue weighted by atomic mass is 19.1. The number of hydrogen-bond donors (Lipinski definition) is 1. The zero-order chi connectivity index (χ0) is 12.3. The molecule has 0 aliphatic carbocycles. The van der Waals surface area contributed by atoms with Gasteiger partial charge in [0.2, 0.25) is 0 Å². The fourth-order valence-electron chi connectivity index (χ4n) is 1.86. The van der Waals surface area contributed by atoms with Crippen LogP contribution < -0.4 is 10.5 Å². The Hall–Kier alpha value is -1.09. The number of halogens is 1. The predicted molar refractivity (Wildman–Crippen MR) is 64.5 cm³/mol. The Bertz CT molecular complexity index is 355. The molecule has 1 atom stereocenters. The van der Waals surface area contributed by atoms with Gasteiger partial charge in [0, 0.05) is 11.1 Å². The zero-order valence-electron chi connectivity index (χ0n) is 10.4. The van der Waals surface area contributed by atoms with E-state index in [1.165, 1.54) is 6.92 Å². The summed E-state index contributed by atoms with van der Waals surface area (Å²) in [5, 5.41) is 0. The first-order valence-corrected chi connectivity index (χ1v) is 5.44. The van der Waals surface area contributed by atoms with E-state index in [1.807, 2.05) is 26.0 Å². The SMILES string of the molecule is COc1cccc(CC(C)(C)N)c1C(C)F. The molecule has 0 radical (unpaired) electrons. The molecular weight excluding hydrogens is 205 g/mol. The van der Waals surface area contributed by atoms with Crippen LogP contribution >= 0.6 is 0 Å². The Morgan fingerprint density at radius 1 is 1.44 bits per heavy atom. The Kier molecular flexibility index (Phi) is 3.92. The van der Waals surface area contributed by atoms with Crippen molar-refractivity contribution in [1.82, 2.24) is 0 Å². The first-order valence-electron chi connectivity index (χ1n) is 5.44. The van der Waals surface area contributed by atoms with E-state index in [0.717, 1.165) is 5.56 Å². The molecule has 0 bridgehead atoms. The van der Waals surface area contributed by atoms with E-state index >= 15 is 0 Å². The van der Waals surface area contributed by atoms with Crippen molar-refractivity contribution in [2.75, 3.05) is 7.11 Å². The second-order valence-corrected chi connectivity index (χ2v) is 4.81. The molecule has 0 saturated heterocycles. The first-order chi connectivity index (χ1) is 7.35. The molecule has 2 nitrogen and oxygen atoms in total. The van der Waals surface area contributed by atoms with Gasteiger partial charge < -0.3 is 10.5 Å². The second kappa shape index (κ2) is 4.83. The van der Waals surface area contributed by atoms with E-state index in [-0.39, 0.29) is 5.54 Å². The number of ether oxygens (including phenoxy) is 1. The zero-order valence-corrected chi connectivity index (χ0v) is 10.4. The van der Waals surface area contributed by atoms with E-state index in [2.05, 4.69) is 0 Å². The highest BCUT2D eigenvalue weighted by molar-refractivity contribution is 5.42. The second-order valence-electron chi connectivity index (χ2n) is 4.81. The summed E-state index contributed by atoms with van der Waals surface area (Å²) in [7, 11) is 1.55. The molecule has 0 aliphatic rings. The van der Waals surface area contributed by atoms with Gasteiger partial charge in [-0.15, -0.1) is 0 Å². The maximum absolute atomic E-state index is 13.6. The summed E-state index contributed by atoms with van der Waals surface area (Å²) in [6.07, 6.45) is -0.415. The van der Waals surface area contributed by atoms with E-state index in [4.69, 9.17) is 10.5 Å². The lowest BCUT2D eigenvalue weighted by atomic mass is 9.91. The molecule has 0 aromatic heterocycles. The number of alkyl halides is 1. The van der Waals surface area contributed by atoms with E-state index < -0.39 is 6.17 Å². The third-order valence-electron chi connectivity index (χ3n) is 2.42. The average molecular weight is 225 g/mol. The van der Waals surface area contributed by atoms with E-state index in [9.17, 15) is 4.39 Å². The predicted octanol–water partition coefficient (Wildman–Crippen LogP) is 3.01. The summed E-state index contributed by atoms with van der Waals surface area (Å²) >= 11 is 0. The Morgan fingerprint density at radius 3 is 2.50 bits per heavy atom. The summed E-state index contributed by atoms with van der Waals surface area (Å²) in [6.45, 7) is 5.38. The van der Waals surface area contributed by atoms with Gasteiger partial charge in [0.25, 0.3) is 0 Å². The van der Waals surface area contributed by atoms with Gasteiger partial charge in [0.15, 0.2) is 0 Å². The van der Waals surface area contributed by atoms with Crippen LogP contribution in [0, 0.1) is 0 Å². The molecule has 3 heteroatoms. The van der Waals surface area contributed by atoms with Crippen LogP contribution in [0.15, 0.2) is 18.2 Å². The molecule has 2 N–H and O–H groups in total. The Labute approximate surface area is 96.6 Å². The summed E-state index contributed by atoms with van der Waals surface area (Å²) in [5.41, 5.74) is 7.15. The van der Waals surface area contributed by atoms with Crippen molar-refractivity contribution in [3.05, 3.63) is 29.3 Å². The maximum Gasteiger partial charge on any atom is 0.126 e. The van der Waals surface area contributed by atoms with E-state index in [0.29, 0.717) is 17.7 Å². The molecule has 0 fully saturated rings. The summed E-state index contributed by atoms with van der Waals surface area (Å²) < 4.78 is 18.8. The minimum atomic E-state index is -1.05. The number of methoxy groups -OCH3 is 1. The van der Waals surface area contributed by atoms with Gasteiger partial charge in [0.1, 0.15) is 11.9 Å². The molecule has 0 aliphatic heterocycles. The Balaban J connectivity index is 3.17. The van der Waals surface area contributed by atoms with Gasteiger partial charge in [-0.25, -0.2) is 4.39 Å². The molecular formula is C13H20FNO. The van der Waals surface area contributed by atoms with Gasteiger partial charge in [-0.2, -0.15) is 0 Å². The van der Waals surface area contributed by atoms with Gasteiger partial charge in [-0.3, -0.25) is 0 Å². The molecule has 1 aromatic rings. The summed E-state index contributed by atoms with van der Waals surface area (Å²) in [4.78, 5) is 0. The topological polar surface area (TPSA) is 35.2 Å². The summed E-state index contributed by atoms with van der Waals surface area (Å²) in [6, 6.07) is 5.55. The van der Waals surface area contributed by atoms with Gasteiger partial charge in [0.05, 0.1) is 7.11 Å². The van der Waals surface area contributed by atoms with Gasteiger partial charge >= 0.3 is 0 Å². The van der Waals surface area contributed by atoms with Crippen molar-refractivity contribution >= 4 is 0 Å². The molecule has 0 saturated carbocycles. The smallest absolute Gasteiger partial charge is 0.126 e. The highest BCUT2D eigenvalue weighted by Crippen LogP contribution is 2.32. The maximum atomic E-state index is 13.6. The van der Waals surface area contributed by atoms with Crippen LogP contribution in [0.25, 0.3) is 0 Å². The average Bonchev–Trinajstić information content (AvgIpc) is 2.14. The van der Waals surface area contributed by atoms with Crippen LogP contribution in [0.3, 0.4) is 0 Å². The van der Waals surface area contributed by atoms with Gasteiger partial charge in [-0.1, -0.05) is 12.1 Å². The lowest BCUT2D eigenvalue weighted by Gasteiger charge is -2.22. The molecule has 0 heterocycles. The fourth-order valence-corrected chi connectivity index (χ4v) is 1.86. The number of hydrogen-bond acceptors (Lipinski definition) is 2. The third-order valence-corrected chi connectivity index (χ3v) is 2.42. The molecule has 90 valence electrons. The highest BCUT2D eigenvalue weighted by Gasteiger charge is 2.20. The molecule has 1 aromatic carbocycles. The van der Waals surface area contributed by atoms with Crippen LogP contribution in [0.4, 0.5) is 4.39 Å². The molecule has 1 rings (SSSR count). The van der Waals surface area contributed by atoms with Crippen molar-refractivity contribution in [1.29, 1.82) is 0 Å². The standard InChI is InChI=1S/C13H20FNO/c1-9(14)12-10(8-13(2,3)15)6-5-7-11(12)16-4/h5-7,9H,8,15H2,1-4H3. The minimum Gasteiger partial charge on any atom is -0.496 e. The minimum absolute atomic E-state index is 0.351. The Morgan fingerprint density at radius 2 is 2.06 bits per heavy atom. The van der Waals surface area contributed by atoms with Crippen LogP contribution in [-0.4, -0.2) is 12.6 Å². The monoisotopic (exact) mass is 225 g/mol. The number of nitrogens with two attached hydrogens (primary N) is 1. The van der Waals surface area contributed by atoms with Gasteiger partial charge in [-0.05, 0) is 38.8 Å². The van der Waals surface area contributed by atoms with Crippen molar-refractivity contribution in [2.24, 2.45) is 5.73 Å². The lowest BCUT2D eigenvalue weighted by molar-refractivity contribution is 0.342. The van der Waals surface area contributed by atoms with Crippen molar-refractivity contribution in [3.63, 3.8) is 0 Å². The molecule has 1 unspecified atom stereocenters. The molecule has 0 amide bonds. The van der Waals surface area contributed by atoms with Crippen molar-refractivity contribution < 1.29 is 9.13 Å². The van der Waals surface area contributed by atoms with Crippen LogP contribution in [0.5, 0.6) is 5.75 Å². The normalized spacial score (nSPS) is 13.6. The lowest BCUT2D eigenvalue weighted by Crippen LogP contribution is -2.34. The number of benzene rings is 1. The first kappa shape index (κ1) is 13.0. The molecule has 0 spiro atoms. The van der Waals surface area contributed by atoms with Crippen molar-refractivity contribution in [2.45, 2.75) is 38.9 Å².